The fourth-order valence-corrected chi connectivity index (χ4v) is 4.77. The van der Waals surface area contributed by atoms with Crippen LogP contribution in [0.5, 0.6) is 0 Å². The highest BCUT2D eigenvalue weighted by atomic mass is 16.5. The molecule has 148 valence electrons. The molecule has 0 bridgehead atoms. The van der Waals surface area contributed by atoms with Crippen molar-refractivity contribution in [2.24, 2.45) is 5.92 Å². The predicted octanol–water partition coefficient (Wildman–Crippen LogP) is 1.08. The molecule has 27 heavy (non-hydrogen) atoms. The van der Waals surface area contributed by atoms with Gasteiger partial charge in [-0.25, -0.2) is 0 Å². The molecule has 1 aliphatic carbocycles. The van der Waals surface area contributed by atoms with Crippen molar-refractivity contribution < 1.29 is 9.53 Å². The van der Waals surface area contributed by atoms with Crippen molar-refractivity contribution in [1.82, 2.24) is 15.5 Å². The van der Waals surface area contributed by atoms with Gasteiger partial charge < -0.3 is 25.2 Å². The number of hydrogen-bond acceptors (Lipinski definition) is 5. The third kappa shape index (κ3) is 4.62. The van der Waals surface area contributed by atoms with E-state index in [-0.39, 0.29) is 5.91 Å². The Morgan fingerprint density at radius 3 is 2.70 bits per heavy atom. The first-order valence-electron chi connectivity index (χ1n) is 10.4. The second-order valence-electron chi connectivity index (χ2n) is 7.92. The highest BCUT2D eigenvalue weighted by Gasteiger charge is 2.35. The smallest absolute Gasteiger partial charge is 0.236 e. The molecular weight excluding hydrogens is 340 g/mol. The van der Waals surface area contributed by atoms with E-state index in [2.05, 4.69) is 39.8 Å². The molecule has 0 radical (unpaired) electrons. The molecule has 3 unspecified atom stereocenters. The molecule has 1 saturated carbocycles. The highest BCUT2D eigenvalue weighted by molar-refractivity contribution is 5.78. The zero-order valence-corrected chi connectivity index (χ0v) is 16.1. The van der Waals surface area contributed by atoms with Crippen molar-refractivity contribution >= 4 is 11.6 Å². The van der Waals surface area contributed by atoms with E-state index >= 15 is 0 Å². The van der Waals surface area contributed by atoms with E-state index < -0.39 is 0 Å². The molecule has 6 nitrogen and oxygen atoms in total. The monoisotopic (exact) mass is 372 g/mol. The Morgan fingerprint density at radius 2 is 1.96 bits per heavy atom. The summed E-state index contributed by atoms with van der Waals surface area (Å²) >= 11 is 0. The summed E-state index contributed by atoms with van der Waals surface area (Å²) < 4.78 is 5.64. The van der Waals surface area contributed by atoms with Gasteiger partial charge in [-0.2, -0.15) is 0 Å². The summed E-state index contributed by atoms with van der Waals surface area (Å²) in [5, 5.41) is 7.17. The van der Waals surface area contributed by atoms with Gasteiger partial charge in [-0.1, -0.05) is 24.6 Å². The lowest BCUT2D eigenvalue weighted by atomic mass is 9.94. The lowest BCUT2D eigenvalue weighted by Crippen LogP contribution is -2.54. The van der Waals surface area contributed by atoms with Crippen LogP contribution in [-0.4, -0.2) is 75.4 Å². The topological polar surface area (TPSA) is 56.8 Å². The van der Waals surface area contributed by atoms with E-state index in [0.29, 0.717) is 24.5 Å². The predicted molar refractivity (Wildman–Crippen MR) is 107 cm³/mol. The molecule has 1 amide bonds. The molecule has 2 heterocycles. The summed E-state index contributed by atoms with van der Waals surface area (Å²) in [5.74, 6) is 0.814. The minimum absolute atomic E-state index is 0.237. The van der Waals surface area contributed by atoms with Gasteiger partial charge in [-0.05, 0) is 30.9 Å². The van der Waals surface area contributed by atoms with Crippen LogP contribution < -0.4 is 15.5 Å². The molecule has 1 aromatic carbocycles. The van der Waals surface area contributed by atoms with E-state index in [1.54, 1.807) is 0 Å². The minimum Gasteiger partial charge on any atom is -0.379 e. The van der Waals surface area contributed by atoms with E-state index in [9.17, 15) is 4.79 Å². The molecule has 3 atom stereocenters. The van der Waals surface area contributed by atoms with Gasteiger partial charge in [0.2, 0.25) is 5.91 Å². The van der Waals surface area contributed by atoms with E-state index in [1.807, 2.05) is 11.0 Å². The number of anilines is 1. The lowest BCUT2D eigenvalue weighted by Gasteiger charge is -2.37. The average Bonchev–Trinajstić information content (AvgIpc) is 3.22. The van der Waals surface area contributed by atoms with Gasteiger partial charge in [0.05, 0.1) is 19.8 Å². The van der Waals surface area contributed by atoms with Crippen molar-refractivity contribution in [3.05, 3.63) is 30.3 Å². The molecule has 3 aliphatic rings. The Morgan fingerprint density at radius 1 is 1.15 bits per heavy atom. The van der Waals surface area contributed by atoms with Crippen LogP contribution in [0.25, 0.3) is 0 Å². The molecule has 2 aliphatic heterocycles. The van der Waals surface area contributed by atoms with E-state index in [0.717, 1.165) is 52.4 Å². The number of benzene rings is 1. The number of para-hydroxylation sites is 1. The van der Waals surface area contributed by atoms with Crippen molar-refractivity contribution in [2.75, 3.05) is 57.4 Å². The summed E-state index contributed by atoms with van der Waals surface area (Å²) in [6.45, 7) is 6.45. The second kappa shape index (κ2) is 9.04. The van der Waals surface area contributed by atoms with Crippen molar-refractivity contribution in [3.63, 3.8) is 0 Å². The first kappa shape index (κ1) is 18.7. The number of carbonyl (C=O) groups is 1. The largest absolute Gasteiger partial charge is 0.379 e. The minimum atomic E-state index is 0.237. The molecule has 1 aromatic rings. The van der Waals surface area contributed by atoms with Crippen LogP contribution in [0.15, 0.2) is 30.3 Å². The summed E-state index contributed by atoms with van der Waals surface area (Å²) in [7, 11) is 0. The summed E-state index contributed by atoms with van der Waals surface area (Å²) in [5.41, 5.74) is 1.25. The average molecular weight is 373 g/mol. The van der Waals surface area contributed by atoms with Gasteiger partial charge in [-0.15, -0.1) is 0 Å². The maximum atomic E-state index is 12.7. The zero-order chi connectivity index (χ0) is 18.5. The zero-order valence-electron chi connectivity index (χ0n) is 16.1. The van der Waals surface area contributed by atoms with Crippen LogP contribution in [0.2, 0.25) is 0 Å². The van der Waals surface area contributed by atoms with Crippen molar-refractivity contribution in [3.8, 4) is 0 Å². The highest BCUT2D eigenvalue weighted by Crippen LogP contribution is 2.29. The molecule has 3 fully saturated rings. The van der Waals surface area contributed by atoms with Crippen LogP contribution in [0.4, 0.5) is 5.69 Å². The van der Waals surface area contributed by atoms with Crippen LogP contribution in [0.3, 0.4) is 0 Å². The molecule has 0 aromatic heterocycles. The molecular formula is C21H32N4O2. The third-order valence-corrected chi connectivity index (χ3v) is 6.31. The Bertz CT molecular complexity index is 597. The van der Waals surface area contributed by atoms with Gasteiger partial charge in [0.1, 0.15) is 0 Å². The SMILES string of the molecule is O=C(CNC1CCCC1C1COCCN1)N1CCN(c2ccccc2)CC1. The summed E-state index contributed by atoms with van der Waals surface area (Å²) in [6, 6.07) is 11.3. The van der Waals surface area contributed by atoms with Gasteiger partial charge in [-0.3, -0.25) is 4.79 Å². The van der Waals surface area contributed by atoms with Gasteiger partial charge in [0, 0.05) is 50.5 Å². The maximum absolute atomic E-state index is 12.7. The Kier molecular flexibility index (Phi) is 6.27. The molecule has 6 heteroatoms. The number of piperazine rings is 1. The van der Waals surface area contributed by atoms with Crippen molar-refractivity contribution in [2.45, 2.75) is 31.3 Å². The van der Waals surface area contributed by atoms with Gasteiger partial charge in [0.15, 0.2) is 0 Å². The van der Waals surface area contributed by atoms with Crippen LogP contribution in [0, 0.1) is 5.92 Å². The number of amides is 1. The third-order valence-electron chi connectivity index (χ3n) is 6.31. The van der Waals surface area contributed by atoms with Crippen LogP contribution >= 0.6 is 0 Å². The Hall–Kier alpha value is -1.63. The second-order valence-corrected chi connectivity index (χ2v) is 7.92. The molecule has 0 spiro atoms. The Balaban J connectivity index is 1.23. The standard InChI is InChI=1S/C21H32N4O2/c26-21(25-12-10-24(11-13-25)17-5-2-1-3-6-17)15-23-19-8-4-7-18(19)20-16-27-14-9-22-20/h1-3,5-6,18-20,22-23H,4,7-16H2. The maximum Gasteiger partial charge on any atom is 0.236 e. The number of hydrogen-bond donors (Lipinski definition) is 2. The fraction of sp³-hybridized carbons (Fsp3) is 0.667. The molecule has 2 N–H and O–H groups in total. The van der Waals surface area contributed by atoms with E-state index in [4.69, 9.17) is 4.74 Å². The first-order valence-corrected chi connectivity index (χ1v) is 10.4. The number of carbonyl (C=O) groups excluding carboxylic acids is 1. The number of rotatable bonds is 5. The summed E-state index contributed by atoms with van der Waals surface area (Å²) in [4.78, 5) is 17.1. The molecule has 2 saturated heterocycles. The van der Waals surface area contributed by atoms with Crippen molar-refractivity contribution in [1.29, 1.82) is 0 Å². The normalized spacial score (nSPS) is 29.1. The lowest BCUT2D eigenvalue weighted by molar-refractivity contribution is -0.130. The summed E-state index contributed by atoms with van der Waals surface area (Å²) in [6.07, 6.45) is 3.63. The number of ether oxygens (including phenoxy) is 1. The van der Waals surface area contributed by atoms with Crippen LogP contribution in [0.1, 0.15) is 19.3 Å². The van der Waals surface area contributed by atoms with Gasteiger partial charge >= 0.3 is 0 Å². The first-order chi connectivity index (χ1) is 13.3. The quantitative estimate of drug-likeness (QED) is 0.810. The Labute approximate surface area is 162 Å². The molecule has 4 rings (SSSR count). The number of nitrogens with one attached hydrogen (secondary N) is 2. The number of morpholine rings is 1. The van der Waals surface area contributed by atoms with E-state index in [1.165, 1.54) is 18.5 Å². The number of nitrogens with zero attached hydrogens (tertiary/aromatic N) is 2. The van der Waals surface area contributed by atoms with Crippen LogP contribution in [-0.2, 0) is 9.53 Å². The van der Waals surface area contributed by atoms with Gasteiger partial charge in [0.25, 0.3) is 0 Å². The fourth-order valence-electron chi connectivity index (χ4n) is 4.77.